The Kier molecular flexibility index (Phi) is 10.8. The number of aliphatic imine (C=N–C) groups is 1. The second kappa shape index (κ2) is 13.9. The van der Waals surface area contributed by atoms with Crippen molar-refractivity contribution in [3.8, 4) is 11.5 Å². The number of aromatic nitrogens is 1. The molecule has 0 saturated heterocycles. The second-order valence-electron chi connectivity index (χ2n) is 7.23. The number of hydrogen-bond donors (Lipinski definition) is 3. The summed E-state index contributed by atoms with van der Waals surface area (Å²) in [7, 11) is 1.64. The van der Waals surface area contributed by atoms with Gasteiger partial charge in [-0.25, -0.2) is 4.98 Å². The molecule has 1 heterocycles. The molecular formula is C24H35N5O3. The summed E-state index contributed by atoms with van der Waals surface area (Å²) in [6.45, 7) is 8.44. The maximum Gasteiger partial charge on any atom is 0.227 e. The van der Waals surface area contributed by atoms with Gasteiger partial charge in [-0.2, -0.15) is 0 Å². The van der Waals surface area contributed by atoms with Crippen molar-refractivity contribution in [1.82, 2.24) is 15.6 Å². The quantitative estimate of drug-likeness (QED) is 0.266. The zero-order chi connectivity index (χ0) is 23.2. The summed E-state index contributed by atoms with van der Waals surface area (Å²) >= 11 is 0. The number of nitrogens with one attached hydrogen (secondary N) is 3. The molecule has 3 N–H and O–H groups in total. The van der Waals surface area contributed by atoms with E-state index >= 15 is 0 Å². The van der Waals surface area contributed by atoms with E-state index in [4.69, 9.17) is 9.47 Å². The van der Waals surface area contributed by atoms with Crippen LogP contribution in [0.2, 0.25) is 0 Å². The lowest BCUT2D eigenvalue weighted by atomic mass is 10.1. The number of amides is 1. The number of pyridine rings is 1. The van der Waals surface area contributed by atoms with E-state index in [9.17, 15) is 4.79 Å². The molecule has 2 aromatic rings. The molecular weight excluding hydrogens is 406 g/mol. The third-order valence-corrected chi connectivity index (χ3v) is 4.59. The van der Waals surface area contributed by atoms with Crippen LogP contribution < -0.4 is 25.4 Å². The maximum absolute atomic E-state index is 12.1. The van der Waals surface area contributed by atoms with E-state index in [0.29, 0.717) is 37.9 Å². The van der Waals surface area contributed by atoms with Crippen LogP contribution in [0.1, 0.15) is 37.8 Å². The maximum atomic E-state index is 12.1. The average molecular weight is 442 g/mol. The molecule has 8 nitrogen and oxygen atoms in total. The van der Waals surface area contributed by atoms with Gasteiger partial charge < -0.3 is 25.4 Å². The molecule has 0 spiro atoms. The molecule has 8 heteroatoms. The Morgan fingerprint density at radius 2 is 1.97 bits per heavy atom. The van der Waals surface area contributed by atoms with Gasteiger partial charge >= 0.3 is 0 Å². The van der Waals surface area contributed by atoms with Gasteiger partial charge in [0.25, 0.3) is 0 Å². The van der Waals surface area contributed by atoms with Gasteiger partial charge in [-0.3, -0.25) is 9.79 Å². The van der Waals surface area contributed by atoms with Crippen molar-refractivity contribution in [2.24, 2.45) is 4.99 Å². The number of rotatable bonds is 12. The van der Waals surface area contributed by atoms with E-state index in [1.165, 1.54) is 5.56 Å². The van der Waals surface area contributed by atoms with Crippen molar-refractivity contribution in [3.63, 3.8) is 0 Å². The number of benzene rings is 1. The van der Waals surface area contributed by atoms with Gasteiger partial charge in [-0.1, -0.05) is 12.1 Å². The fourth-order valence-electron chi connectivity index (χ4n) is 3.00. The molecule has 32 heavy (non-hydrogen) atoms. The molecule has 1 aromatic heterocycles. The number of carbonyl (C=O) groups is 1. The standard InChI is InChI=1S/C24H35N5O3/c1-5-25-24(27-15-13-23(30)29-22-12-9-18(3)17-28-22)26-14-7-8-19-10-11-20(31-4)21(16-19)32-6-2/h9-12,16-17H,5-8,13-15H2,1-4H3,(H2,25,26,27)(H,28,29,30). The van der Waals surface area contributed by atoms with Crippen molar-refractivity contribution in [2.75, 3.05) is 38.7 Å². The molecule has 0 saturated carbocycles. The summed E-state index contributed by atoms with van der Waals surface area (Å²) in [5, 5.41) is 9.21. The smallest absolute Gasteiger partial charge is 0.227 e. The molecule has 1 aromatic carbocycles. The molecule has 1 amide bonds. The minimum atomic E-state index is -0.0886. The number of guanidine groups is 1. The monoisotopic (exact) mass is 441 g/mol. The molecule has 0 atom stereocenters. The predicted molar refractivity (Wildman–Crippen MR) is 129 cm³/mol. The molecule has 0 radical (unpaired) electrons. The highest BCUT2D eigenvalue weighted by atomic mass is 16.5. The number of nitrogens with zero attached hydrogens (tertiary/aromatic N) is 2. The minimum Gasteiger partial charge on any atom is -0.493 e. The van der Waals surface area contributed by atoms with Crippen LogP contribution in [0.25, 0.3) is 0 Å². The second-order valence-corrected chi connectivity index (χ2v) is 7.23. The first-order valence-electron chi connectivity index (χ1n) is 11.1. The third-order valence-electron chi connectivity index (χ3n) is 4.59. The van der Waals surface area contributed by atoms with Crippen LogP contribution in [-0.4, -0.2) is 50.2 Å². The highest BCUT2D eigenvalue weighted by molar-refractivity contribution is 5.90. The Bertz CT molecular complexity index is 868. The Hall–Kier alpha value is -3.29. The van der Waals surface area contributed by atoms with E-state index in [2.05, 4.69) is 32.0 Å². The Labute approximate surface area is 190 Å². The van der Waals surface area contributed by atoms with Crippen LogP contribution in [0, 0.1) is 6.92 Å². The lowest BCUT2D eigenvalue weighted by molar-refractivity contribution is -0.116. The van der Waals surface area contributed by atoms with Gasteiger partial charge in [0, 0.05) is 32.3 Å². The summed E-state index contributed by atoms with van der Waals surface area (Å²) in [5.41, 5.74) is 2.24. The largest absolute Gasteiger partial charge is 0.493 e. The number of anilines is 1. The number of carbonyl (C=O) groups excluding carboxylic acids is 1. The van der Waals surface area contributed by atoms with Gasteiger partial charge in [-0.15, -0.1) is 0 Å². The lowest BCUT2D eigenvalue weighted by Gasteiger charge is -2.12. The number of hydrogen-bond acceptors (Lipinski definition) is 5. The lowest BCUT2D eigenvalue weighted by Crippen LogP contribution is -2.38. The van der Waals surface area contributed by atoms with Gasteiger partial charge in [0.2, 0.25) is 5.91 Å². The van der Waals surface area contributed by atoms with Crippen LogP contribution >= 0.6 is 0 Å². The first-order valence-corrected chi connectivity index (χ1v) is 11.1. The summed E-state index contributed by atoms with van der Waals surface area (Å²) in [5.74, 6) is 2.69. The van der Waals surface area contributed by atoms with E-state index < -0.39 is 0 Å². The van der Waals surface area contributed by atoms with Gasteiger partial charge in [-0.05, 0) is 62.9 Å². The molecule has 0 bridgehead atoms. The topological polar surface area (TPSA) is 96.9 Å². The summed E-state index contributed by atoms with van der Waals surface area (Å²) in [6, 6.07) is 9.73. The zero-order valence-corrected chi connectivity index (χ0v) is 19.5. The van der Waals surface area contributed by atoms with Crippen LogP contribution in [0.15, 0.2) is 41.5 Å². The van der Waals surface area contributed by atoms with Gasteiger partial charge in [0.1, 0.15) is 5.82 Å². The SMILES string of the molecule is CCNC(=NCCCc1ccc(OC)c(OCC)c1)NCCC(=O)Nc1ccc(C)cn1. The summed E-state index contributed by atoms with van der Waals surface area (Å²) < 4.78 is 11.0. The predicted octanol–water partition coefficient (Wildman–Crippen LogP) is 3.31. The van der Waals surface area contributed by atoms with Gasteiger partial charge in [0.05, 0.1) is 13.7 Å². The van der Waals surface area contributed by atoms with Crippen molar-refractivity contribution < 1.29 is 14.3 Å². The van der Waals surface area contributed by atoms with Crippen molar-refractivity contribution in [2.45, 2.75) is 40.0 Å². The minimum absolute atomic E-state index is 0.0886. The Morgan fingerprint density at radius 1 is 1.12 bits per heavy atom. The van der Waals surface area contributed by atoms with Crippen LogP contribution in [-0.2, 0) is 11.2 Å². The zero-order valence-electron chi connectivity index (χ0n) is 19.5. The molecule has 0 unspecified atom stereocenters. The highest BCUT2D eigenvalue weighted by Crippen LogP contribution is 2.28. The first kappa shape index (κ1) is 25.0. The van der Waals surface area contributed by atoms with E-state index in [1.54, 1.807) is 19.4 Å². The van der Waals surface area contributed by atoms with E-state index in [-0.39, 0.29) is 5.91 Å². The van der Waals surface area contributed by atoms with Crippen molar-refractivity contribution in [1.29, 1.82) is 0 Å². The van der Waals surface area contributed by atoms with E-state index in [0.717, 1.165) is 36.4 Å². The van der Waals surface area contributed by atoms with Gasteiger partial charge in [0.15, 0.2) is 17.5 Å². The molecule has 2 rings (SSSR count). The number of ether oxygens (including phenoxy) is 2. The average Bonchev–Trinajstić information content (AvgIpc) is 2.78. The first-order chi connectivity index (χ1) is 15.5. The van der Waals surface area contributed by atoms with Crippen LogP contribution in [0.5, 0.6) is 11.5 Å². The number of aryl methyl sites for hydroxylation is 2. The van der Waals surface area contributed by atoms with E-state index in [1.807, 2.05) is 39.0 Å². The molecule has 0 aliphatic heterocycles. The fraction of sp³-hybridized carbons (Fsp3) is 0.458. The molecule has 0 fully saturated rings. The van der Waals surface area contributed by atoms with Crippen LogP contribution in [0.3, 0.4) is 0 Å². The highest BCUT2D eigenvalue weighted by Gasteiger charge is 2.06. The normalized spacial score (nSPS) is 11.1. The Morgan fingerprint density at radius 3 is 2.66 bits per heavy atom. The molecule has 0 aliphatic rings. The summed E-state index contributed by atoms with van der Waals surface area (Å²) in [6.07, 6.45) is 3.84. The number of methoxy groups -OCH3 is 1. The third kappa shape index (κ3) is 8.83. The Balaban J connectivity index is 1.76. The summed E-state index contributed by atoms with van der Waals surface area (Å²) in [4.78, 5) is 20.9. The fourth-order valence-corrected chi connectivity index (χ4v) is 3.00. The van der Waals surface area contributed by atoms with Crippen molar-refractivity contribution >= 4 is 17.7 Å². The molecule has 174 valence electrons. The van der Waals surface area contributed by atoms with Crippen molar-refractivity contribution in [3.05, 3.63) is 47.7 Å². The van der Waals surface area contributed by atoms with Crippen LogP contribution in [0.4, 0.5) is 5.82 Å². The molecule has 0 aliphatic carbocycles.